The Morgan fingerprint density at radius 2 is 2.00 bits per heavy atom. The quantitative estimate of drug-likeness (QED) is 0.490. The highest BCUT2D eigenvalue weighted by atomic mass is 32.1. The second kappa shape index (κ2) is 10.5. The van der Waals surface area contributed by atoms with E-state index in [1.54, 1.807) is 7.11 Å². The number of carbonyl (C=O) groups excluding carboxylic acids is 1. The monoisotopic (exact) mass is 462 g/mol. The molecular formula is C22H30N4O5S. The molecule has 10 heteroatoms. The number of urea groups is 1. The first-order valence-corrected chi connectivity index (χ1v) is 11.7. The maximum absolute atomic E-state index is 12.2. The number of anilines is 2. The maximum atomic E-state index is 12.2. The highest BCUT2D eigenvalue weighted by Gasteiger charge is 2.46. The summed E-state index contributed by atoms with van der Waals surface area (Å²) < 4.78 is 11.4. The summed E-state index contributed by atoms with van der Waals surface area (Å²) in [6.07, 6.45) is -1.92. The number of rotatable bonds is 7. The number of hydrogen-bond donors (Lipinski definition) is 4. The number of methoxy groups -OCH3 is 1. The molecule has 4 atom stereocenters. The highest BCUT2D eigenvalue weighted by molar-refractivity contribution is 7.08. The Morgan fingerprint density at radius 3 is 2.69 bits per heavy atom. The molecule has 32 heavy (non-hydrogen) atoms. The summed E-state index contributed by atoms with van der Waals surface area (Å²) in [4.78, 5) is 16.7. The van der Waals surface area contributed by atoms with E-state index in [1.165, 1.54) is 11.3 Å². The average molecular weight is 463 g/mol. The van der Waals surface area contributed by atoms with Crippen LogP contribution in [0.5, 0.6) is 5.75 Å². The fourth-order valence-corrected chi connectivity index (χ4v) is 5.04. The number of carbonyl (C=O) groups is 1. The number of benzene rings is 1. The average Bonchev–Trinajstić information content (AvgIpc) is 3.45. The van der Waals surface area contributed by atoms with Crippen LogP contribution in [0.25, 0.3) is 0 Å². The summed E-state index contributed by atoms with van der Waals surface area (Å²) in [7, 11) is 1.67. The number of aliphatic hydroxyl groups excluding tert-OH is 2. The number of thiophene rings is 1. The Balaban J connectivity index is 1.37. The minimum atomic E-state index is -0.829. The lowest BCUT2D eigenvalue weighted by Crippen LogP contribution is -2.57. The van der Waals surface area contributed by atoms with Crippen molar-refractivity contribution in [3.8, 4) is 5.75 Å². The Morgan fingerprint density at radius 1 is 1.22 bits per heavy atom. The van der Waals surface area contributed by atoms with Crippen molar-refractivity contribution < 1.29 is 24.5 Å². The minimum absolute atomic E-state index is 0.237. The van der Waals surface area contributed by atoms with Gasteiger partial charge in [-0.15, -0.1) is 0 Å². The van der Waals surface area contributed by atoms with E-state index in [0.717, 1.165) is 43.3 Å². The van der Waals surface area contributed by atoms with Crippen LogP contribution in [0.2, 0.25) is 0 Å². The smallest absolute Gasteiger partial charge is 0.319 e. The standard InChI is InChI=1S/C22H30N4O5S/c1-30-17-5-3-2-4-16(17)25-7-9-26(10-8-25)20-18(31-19(13-27)21(20)28)12-23-22(29)24-15-6-11-32-14-15/h2-6,11,14,18-21,27-28H,7-10,12-13H2,1H3,(H2,23,24,29)/t18-,19+,20+,21-/m1/s1. The maximum Gasteiger partial charge on any atom is 0.319 e. The van der Waals surface area contributed by atoms with Gasteiger partial charge >= 0.3 is 6.03 Å². The van der Waals surface area contributed by atoms with Crippen molar-refractivity contribution in [3.05, 3.63) is 41.1 Å². The van der Waals surface area contributed by atoms with Crippen LogP contribution in [0.1, 0.15) is 0 Å². The summed E-state index contributed by atoms with van der Waals surface area (Å²) in [5.74, 6) is 0.837. The van der Waals surface area contributed by atoms with Crippen LogP contribution in [-0.4, -0.2) is 91.9 Å². The first-order chi connectivity index (χ1) is 15.6. The summed E-state index contributed by atoms with van der Waals surface area (Å²) in [6, 6.07) is 9.13. The molecule has 0 saturated carbocycles. The Bertz CT molecular complexity index is 875. The van der Waals surface area contributed by atoms with E-state index in [-0.39, 0.29) is 25.2 Å². The molecule has 0 spiro atoms. The molecule has 9 nitrogen and oxygen atoms in total. The molecule has 0 unspecified atom stereocenters. The van der Waals surface area contributed by atoms with Crippen molar-refractivity contribution >= 4 is 28.7 Å². The molecule has 2 aliphatic heterocycles. The van der Waals surface area contributed by atoms with Crippen molar-refractivity contribution in [3.63, 3.8) is 0 Å². The SMILES string of the molecule is COc1ccccc1N1CCN([C@@H]2[C@H](O)[C@H](CO)O[C@@H]2CNC(=O)Nc2ccsc2)CC1. The largest absolute Gasteiger partial charge is 0.495 e. The lowest BCUT2D eigenvalue weighted by molar-refractivity contribution is -0.0205. The van der Waals surface area contributed by atoms with E-state index in [9.17, 15) is 15.0 Å². The van der Waals surface area contributed by atoms with E-state index in [1.807, 2.05) is 41.1 Å². The van der Waals surface area contributed by atoms with Crippen LogP contribution in [0.4, 0.5) is 16.2 Å². The summed E-state index contributed by atoms with van der Waals surface area (Å²) in [6.45, 7) is 2.95. The molecule has 0 bridgehead atoms. The van der Waals surface area contributed by atoms with Gasteiger partial charge in [-0.25, -0.2) is 4.79 Å². The summed E-state index contributed by atoms with van der Waals surface area (Å²) >= 11 is 1.50. The van der Waals surface area contributed by atoms with Gasteiger partial charge in [0.15, 0.2) is 0 Å². The lowest BCUT2D eigenvalue weighted by atomic mass is 10.0. The summed E-state index contributed by atoms with van der Waals surface area (Å²) in [5, 5.41) is 29.8. The number of ether oxygens (including phenoxy) is 2. The van der Waals surface area contributed by atoms with Gasteiger partial charge in [0.05, 0.1) is 37.2 Å². The van der Waals surface area contributed by atoms with Crippen molar-refractivity contribution in [2.24, 2.45) is 0 Å². The van der Waals surface area contributed by atoms with Crippen LogP contribution in [0.3, 0.4) is 0 Å². The molecule has 4 N–H and O–H groups in total. The molecule has 0 radical (unpaired) electrons. The van der Waals surface area contributed by atoms with Gasteiger partial charge in [-0.3, -0.25) is 4.90 Å². The fraction of sp³-hybridized carbons (Fsp3) is 0.500. The fourth-order valence-electron chi connectivity index (χ4n) is 4.45. The van der Waals surface area contributed by atoms with E-state index < -0.39 is 18.3 Å². The number of para-hydroxylation sites is 2. The van der Waals surface area contributed by atoms with Crippen LogP contribution >= 0.6 is 11.3 Å². The molecule has 0 aliphatic carbocycles. The third-order valence-corrected chi connectivity index (χ3v) is 6.73. The van der Waals surface area contributed by atoms with Crippen molar-refractivity contribution in [1.29, 1.82) is 0 Å². The number of nitrogens with zero attached hydrogens (tertiary/aromatic N) is 2. The van der Waals surface area contributed by atoms with Gasteiger partial charge in [0.25, 0.3) is 0 Å². The number of hydrogen-bond acceptors (Lipinski definition) is 8. The number of piperazine rings is 1. The van der Waals surface area contributed by atoms with Crippen molar-refractivity contribution in [2.45, 2.75) is 24.4 Å². The molecule has 1 aromatic heterocycles. The molecule has 2 aliphatic rings. The molecule has 4 rings (SSSR count). The first kappa shape index (κ1) is 22.8. The second-order valence-electron chi connectivity index (χ2n) is 7.92. The predicted octanol–water partition coefficient (Wildman–Crippen LogP) is 1.19. The Labute approximate surface area is 191 Å². The zero-order chi connectivity index (χ0) is 22.5. The van der Waals surface area contributed by atoms with E-state index in [2.05, 4.69) is 20.4 Å². The third-order valence-electron chi connectivity index (χ3n) is 6.05. The van der Waals surface area contributed by atoms with Crippen LogP contribution in [0.15, 0.2) is 41.1 Å². The lowest BCUT2D eigenvalue weighted by Gasteiger charge is -2.41. The van der Waals surface area contributed by atoms with E-state index in [4.69, 9.17) is 9.47 Å². The van der Waals surface area contributed by atoms with E-state index in [0.29, 0.717) is 0 Å². The molecule has 3 heterocycles. The van der Waals surface area contributed by atoms with Gasteiger partial charge < -0.3 is 35.2 Å². The molecule has 1 aromatic carbocycles. The minimum Gasteiger partial charge on any atom is -0.495 e. The van der Waals surface area contributed by atoms with Crippen LogP contribution < -0.4 is 20.3 Å². The molecule has 2 aromatic rings. The summed E-state index contributed by atoms with van der Waals surface area (Å²) in [5.41, 5.74) is 1.78. The van der Waals surface area contributed by atoms with Gasteiger partial charge in [0.2, 0.25) is 0 Å². The molecule has 2 amide bonds. The van der Waals surface area contributed by atoms with Crippen LogP contribution in [-0.2, 0) is 4.74 Å². The van der Waals surface area contributed by atoms with Gasteiger partial charge in [-0.05, 0) is 23.6 Å². The van der Waals surface area contributed by atoms with Gasteiger partial charge in [-0.2, -0.15) is 11.3 Å². The van der Waals surface area contributed by atoms with Crippen molar-refractivity contribution in [1.82, 2.24) is 10.2 Å². The first-order valence-electron chi connectivity index (χ1n) is 10.7. The third kappa shape index (κ3) is 5.00. The number of amides is 2. The predicted molar refractivity (Wildman–Crippen MR) is 124 cm³/mol. The normalized spacial score (nSPS) is 26.2. The number of aliphatic hydroxyl groups is 2. The molecular weight excluding hydrogens is 432 g/mol. The Kier molecular flexibility index (Phi) is 7.48. The topological polar surface area (TPSA) is 107 Å². The van der Waals surface area contributed by atoms with Gasteiger partial charge in [0.1, 0.15) is 18.0 Å². The number of nitrogens with one attached hydrogen (secondary N) is 2. The van der Waals surface area contributed by atoms with E-state index >= 15 is 0 Å². The van der Waals surface area contributed by atoms with Crippen molar-refractivity contribution in [2.75, 3.05) is 56.7 Å². The molecule has 2 saturated heterocycles. The van der Waals surface area contributed by atoms with Gasteiger partial charge in [-0.1, -0.05) is 12.1 Å². The highest BCUT2D eigenvalue weighted by Crippen LogP contribution is 2.31. The zero-order valence-corrected chi connectivity index (χ0v) is 18.8. The molecule has 2 fully saturated rings. The molecule has 174 valence electrons. The van der Waals surface area contributed by atoms with Gasteiger partial charge in [0, 0.05) is 38.1 Å². The second-order valence-corrected chi connectivity index (χ2v) is 8.70. The van der Waals surface area contributed by atoms with Crippen LogP contribution in [0, 0.1) is 0 Å². The zero-order valence-electron chi connectivity index (χ0n) is 18.0. The Hall–Kier alpha value is -2.37.